The van der Waals surface area contributed by atoms with Gasteiger partial charge in [-0.25, -0.2) is 23.8 Å². The lowest BCUT2D eigenvalue weighted by Gasteiger charge is -2.09. The Balaban J connectivity index is 0.000000468. The van der Waals surface area contributed by atoms with Crippen LogP contribution in [0.2, 0.25) is 0 Å². The van der Waals surface area contributed by atoms with Crippen LogP contribution in [0.1, 0.15) is 84.5 Å². The van der Waals surface area contributed by atoms with Crippen molar-refractivity contribution >= 4 is 126 Å². The number of phenols is 1. The number of aromatic carboxylic acids is 2. The van der Waals surface area contributed by atoms with Crippen LogP contribution in [0, 0.1) is 47.9 Å². The molecule has 24 nitrogen and oxygen atoms in total. The number of aromatic nitrogens is 2. The molecule has 1 amide bonds. The maximum Gasteiger partial charge on any atom is 0.345 e. The van der Waals surface area contributed by atoms with Crippen molar-refractivity contribution in [2.75, 3.05) is 11.1 Å². The van der Waals surface area contributed by atoms with E-state index in [4.69, 9.17) is 51.1 Å². The molecule has 2 heterocycles. The van der Waals surface area contributed by atoms with Crippen LogP contribution in [0.3, 0.4) is 0 Å². The number of benzene rings is 4. The molecule has 6 N–H and O–H groups in total. The molecule has 0 aliphatic heterocycles. The molecular weight excluding hydrogens is 1100 g/mol. The Morgan fingerprint density at radius 2 is 0.973 bits per heavy atom. The Labute approximate surface area is 443 Å². The summed E-state index contributed by atoms with van der Waals surface area (Å²) in [6, 6.07) is 18.6. The summed E-state index contributed by atoms with van der Waals surface area (Å²) in [4.78, 5) is 103. The van der Waals surface area contributed by atoms with E-state index in [9.17, 15) is 53.8 Å². The fourth-order valence-electron chi connectivity index (χ4n) is 4.89. The quantitative estimate of drug-likeness (QED) is 0.0280. The average molecular weight is 1140 g/mol. The van der Waals surface area contributed by atoms with Gasteiger partial charge < -0.3 is 35.3 Å². The summed E-state index contributed by atoms with van der Waals surface area (Å²) < 4.78 is 23.7. The number of rotatable bonds is 10. The summed E-state index contributed by atoms with van der Waals surface area (Å²) in [5, 5.41) is 48.8. The van der Waals surface area contributed by atoms with E-state index in [1.165, 1.54) is 57.2 Å². The van der Waals surface area contributed by atoms with Crippen molar-refractivity contribution < 1.29 is 77.1 Å². The van der Waals surface area contributed by atoms with Crippen molar-refractivity contribution in [1.82, 2.24) is 9.97 Å². The second-order valence-electron chi connectivity index (χ2n) is 13.9. The molecule has 0 radical (unpaired) electrons. The number of halogens is 3. The second kappa shape index (κ2) is 31.5. The van der Waals surface area contributed by atoms with Crippen LogP contribution in [0.4, 0.5) is 20.3 Å². The molecular formula is C44H41Cl3N6O18S3. The molecule has 0 aliphatic rings. The van der Waals surface area contributed by atoms with Crippen LogP contribution in [0.15, 0.2) is 85.2 Å². The third-order valence-electron chi connectivity index (χ3n) is 7.83. The number of aromatic hydroxyl groups is 1. The highest BCUT2D eigenvalue weighted by Crippen LogP contribution is 2.28. The number of nitrogen functional groups attached to an aromatic ring is 1. The van der Waals surface area contributed by atoms with Crippen molar-refractivity contribution in [1.29, 1.82) is 0 Å². The van der Waals surface area contributed by atoms with E-state index in [1.807, 2.05) is 6.92 Å². The molecule has 6 aromatic rings. The summed E-state index contributed by atoms with van der Waals surface area (Å²) in [6.45, 7) is 10.9. The summed E-state index contributed by atoms with van der Waals surface area (Å²) in [5.41, 5.74) is 8.78. The molecule has 0 atom stereocenters. The van der Waals surface area contributed by atoms with E-state index >= 15 is 0 Å². The number of anilines is 2. The Morgan fingerprint density at radius 3 is 1.31 bits per heavy atom. The van der Waals surface area contributed by atoms with Crippen LogP contribution < -0.4 is 25.3 Å². The molecule has 6 rings (SSSR count). The van der Waals surface area contributed by atoms with E-state index in [-0.39, 0.29) is 65.5 Å². The SMILES string of the molecule is CC(=O)Oc1cc(C)ccc1C(=O)Cl.CC(=O)Oc1cc(C)ccc1C(=O)Nc1ncc([N+](=O)[O-])s1.CC(=O)Oc1cc(C)ccc1C(=O)O.Cc1ccc(C(=O)O)c(O)c1.Nc1ncc([N+](=O)[O-])s1.O=S(Cl)Cl. The normalized spacial score (nSPS) is 9.66. The molecule has 394 valence electrons. The number of nitro groups is 2. The summed E-state index contributed by atoms with van der Waals surface area (Å²) in [6.07, 6.45) is 2.20. The number of nitrogens with one attached hydrogen (secondary N) is 1. The van der Waals surface area contributed by atoms with Gasteiger partial charge in [-0.2, -0.15) is 0 Å². The number of carbonyl (C=O) groups is 7. The Hall–Kier alpha value is -7.95. The Morgan fingerprint density at radius 1 is 0.622 bits per heavy atom. The minimum Gasteiger partial charge on any atom is -0.507 e. The van der Waals surface area contributed by atoms with E-state index in [0.29, 0.717) is 0 Å². The number of carboxylic acid groups (broad SMARTS) is 2. The molecule has 4 aromatic carbocycles. The van der Waals surface area contributed by atoms with Gasteiger partial charge in [0.05, 0.1) is 21.0 Å². The first-order valence-corrected chi connectivity index (χ1v) is 24.6. The zero-order chi connectivity index (χ0) is 56.6. The van der Waals surface area contributed by atoms with Gasteiger partial charge in [0.25, 0.3) is 11.1 Å². The minimum absolute atomic E-state index is 0.00852. The van der Waals surface area contributed by atoms with Crippen LogP contribution in [-0.4, -0.2) is 80.3 Å². The monoisotopic (exact) mass is 1140 g/mol. The number of hydrogen-bond donors (Lipinski definition) is 5. The highest BCUT2D eigenvalue weighted by atomic mass is 36.0. The van der Waals surface area contributed by atoms with E-state index in [1.54, 1.807) is 57.2 Å². The number of thiazole rings is 2. The number of amides is 1. The molecule has 0 saturated heterocycles. The first kappa shape index (κ1) is 64.1. The minimum atomic E-state index is -1.67. The number of esters is 3. The predicted octanol–water partition coefficient (Wildman–Crippen LogP) is 9.53. The first-order valence-electron chi connectivity index (χ1n) is 19.8. The van der Waals surface area contributed by atoms with Crippen LogP contribution in [0.5, 0.6) is 23.0 Å². The van der Waals surface area contributed by atoms with Crippen LogP contribution >= 0.6 is 55.6 Å². The van der Waals surface area contributed by atoms with Gasteiger partial charge in [0.15, 0.2) is 10.3 Å². The molecule has 0 bridgehead atoms. The third kappa shape index (κ3) is 24.4. The van der Waals surface area contributed by atoms with E-state index < -0.39 is 60.1 Å². The van der Waals surface area contributed by atoms with Gasteiger partial charge in [-0.3, -0.25) is 49.5 Å². The van der Waals surface area contributed by atoms with Gasteiger partial charge in [-0.1, -0.05) is 24.3 Å². The highest BCUT2D eigenvalue weighted by molar-refractivity contribution is 8.26. The summed E-state index contributed by atoms with van der Waals surface area (Å²) in [5.74, 6) is -4.11. The molecule has 0 saturated carbocycles. The Kier molecular flexibility index (Phi) is 27.3. The molecule has 0 fully saturated rings. The van der Waals surface area contributed by atoms with Gasteiger partial charge in [0.2, 0.25) is 9.23 Å². The van der Waals surface area contributed by atoms with Crippen LogP contribution in [0.25, 0.3) is 0 Å². The maximum atomic E-state index is 12.2. The zero-order valence-electron chi connectivity index (χ0n) is 39.3. The fourth-order valence-corrected chi connectivity index (χ4v) is 6.17. The number of carbonyl (C=O) groups excluding carboxylic acids is 5. The van der Waals surface area contributed by atoms with Crippen molar-refractivity contribution in [2.45, 2.75) is 48.5 Å². The van der Waals surface area contributed by atoms with Gasteiger partial charge in [0, 0.05) is 42.1 Å². The maximum absolute atomic E-state index is 12.2. The van der Waals surface area contributed by atoms with Crippen molar-refractivity contribution in [3.05, 3.63) is 150 Å². The topological polar surface area (TPSA) is 375 Å². The van der Waals surface area contributed by atoms with Gasteiger partial charge in [0.1, 0.15) is 46.5 Å². The fraction of sp³-hybridized carbons (Fsp3) is 0.159. The predicted molar refractivity (Wildman–Crippen MR) is 274 cm³/mol. The smallest absolute Gasteiger partial charge is 0.345 e. The zero-order valence-corrected chi connectivity index (χ0v) is 44.0. The van der Waals surface area contributed by atoms with Gasteiger partial charge in [-0.05, 0) is 133 Å². The van der Waals surface area contributed by atoms with E-state index in [0.717, 1.165) is 57.3 Å². The third-order valence-corrected chi connectivity index (χ3v) is 9.67. The molecule has 0 spiro atoms. The average Bonchev–Trinajstić information content (AvgIpc) is 3.93. The molecule has 30 heteroatoms. The molecule has 74 heavy (non-hydrogen) atoms. The Bertz CT molecular complexity index is 2980. The van der Waals surface area contributed by atoms with Crippen molar-refractivity contribution in [3.63, 3.8) is 0 Å². The number of carboxylic acids is 2. The first-order chi connectivity index (χ1) is 34.4. The van der Waals surface area contributed by atoms with Crippen molar-refractivity contribution in [2.24, 2.45) is 0 Å². The summed E-state index contributed by atoms with van der Waals surface area (Å²) in [7, 11) is 7.36. The largest absolute Gasteiger partial charge is 0.507 e. The van der Waals surface area contributed by atoms with E-state index in [2.05, 4.69) is 36.6 Å². The van der Waals surface area contributed by atoms with Gasteiger partial charge >= 0.3 is 39.8 Å². The number of hydrogen-bond acceptors (Lipinski definition) is 21. The highest BCUT2D eigenvalue weighted by Gasteiger charge is 2.19. The number of nitrogens with zero attached hydrogens (tertiary/aromatic N) is 4. The second-order valence-corrected chi connectivity index (χ2v) is 18.8. The van der Waals surface area contributed by atoms with Crippen LogP contribution in [-0.2, 0) is 23.6 Å². The van der Waals surface area contributed by atoms with Crippen molar-refractivity contribution in [3.8, 4) is 23.0 Å². The molecule has 0 unspecified atom stereocenters. The number of nitrogens with two attached hydrogens (primary N) is 1. The molecule has 2 aromatic heterocycles. The lowest BCUT2D eigenvalue weighted by molar-refractivity contribution is -0.380. The number of aryl methyl sites for hydroxylation is 4. The lowest BCUT2D eigenvalue weighted by Crippen LogP contribution is -2.14. The van der Waals surface area contributed by atoms with Gasteiger partial charge in [-0.15, -0.1) is 0 Å². The summed E-state index contributed by atoms with van der Waals surface area (Å²) >= 11 is 6.91. The lowest BCUT2D eigenvalue weighted by atomic mass is 10.1. The standard InChI is InChI=1S/C13H11N3O5S.C10H9ClO3.C10H10O4.C8H8O3.C3H3N3O2S.Cl2OS/c1-7-3-4-9(10(5-7)21-8(2)17)12(18)15-13-14-6-11(22-13)16(19)20;1-6-3-4-8(10(11)13)9(5-6)14-7(2)12;1-6-3-4-8(10(12)13)9(5-6)14-7(2)11;1-5-2-3-6(8(10)11)7(9)4-5;4-3-5-1-2(9-3)6(7)8;1-4(2)3/h3-6H,1-2H3,(H,14,15,18);3-5H,1-2H3;3-5H,1-2H3,(H,12,13);2-4,9H,1H3,(H,10,11);1H,(H2,4,5);. The molecule has 0 aliphatic carbocycles. The number of ether oxygens (including phenoxy) is 3.